The predicted molar refractivity (Wildman–Crippen MR) is 45.8 cm³/mol. The molecule has 0 aromatic rings. The molecule has 0 aromatic carbocycles. The minimum atomic E-state index is -0.787. The molecule has 1 atom stereocenters. The molecule has 0 aliphatic carbocycles. The lowest BCUT2D eigenvalue weighted by molar-refractivity contribution is 0.829. The third-order valence-electron chi connectivity index (χ3n) is 0.239. The topological polar surface area (TPSA) is 21.6 Å². The Kier molecular flexibility index (Phi) is 6.12. The molecule has 0 fully saturated rings. The van der Waals surface area contributed by atoms with Gasteiger partial charge in [0.2, 0.25) is 0 Å². The van der Waals surface area contributed by atoms with Crippen LogP contribution >= 0.6 is 50.6 Å². The van der Waals surface area contributed by atoms with Crippen molar-refractivity contribution in [1.82, 2.24) is 0 Å². The number of rotatable bonds is 1. The minimum Gasteiger partial charge on any atom is -0.273 e. The Morgan fingerprint density at radius 1 is 1.83 bits per heavy atom. The maximum absolute atomic E-state index is 4.79. The van der Waals surface area contributed by atoms with Crippen LogP contribution in [-0.4, -0.2) is 7.05 Å². The number of hydrogen-bond acceptors (Lipinski definition) is 2. The molecule has 0 rings (SSSR count). The van der Waals surface area contributed by atoms with Gasteiger partial charge in [-0.05, 0) is 22.0 Å². The summed E-state index contributed by atoms with van der Waals surface area (Å²) in [6.45, 7) is 0. The van der Waals surface area contributed by atoms with E-state index in [4.69, 9.17) is 2.85 Å². The van der Waals surface area contributed by atoms with Crippen LogP contribution in [0, 0.1) is 0 Å². The summed E-state index contributed by atoms with van der Waals surface area (Å²) in [6.07, 6.45) is 0. The molecule has 0 heterocycles. The Morgan fingerprint density at radius 2 is 2.33 bits per heavy atom. The van der Waals surface area contributed by atoms with E-state index >= 15 is 0 Å². The molecule has 0 radical (unpaired) electrons. The summed E-state index contributed by atoms with van der Waals surface area (Å²) in [5, 5.41) is 0. The fourth-order valence-corrected chi connectivity index (χ4v) is 0.694. The third kappa shape index (κ3) is 3.83. The van der Waals surface area contributed by atoms with Gasteiger partial charge in [0.25, 0.3) is 0 Å². The second-order valence-corrected chi connectivity index (χ2v) is 5.75. The van der Waals surface area contributed by atoms with E-state index in [1.54, 1.807) is 7.05 Å². The second-order valence-electron chi connectivity index (χ2n) is 0.554. The second kappa shape index (κ2) is 4.80. The van der Waals surface area contributed by atoms with Gasteiger partial charge in [0, 0.05) is 7.05 Å². The van der Waals surface area contributed by atoms with Gasteiger partial charge < -0.3 is 0 Å². The van der Waals surface area contributed by atoms with Crippen molar-refractivity contribution in [2.45, 2.75) is 0 Å². The van der Waals surface area contributed by atoms with Gasteiger partial charge in [0.15, 0.2) is 0 Å². The quantitative estimate of drug-likeness (QED) is 0.535. The van der Waals surface area contributed by atoms with Crippen LogP contribution < -0.4 is 0 Å². The van der Waals surface area contributed by atoms with Crippen LogP contribution in [0.5, 0.6) is 0 Å². The lowest BCUT2D eigenvalue weighted by Crippen LogP contribution is -1.39. The van der Waals surface area contributed by atoms with E-state index in [1.165, 1.54) is 0 Å². The summed E-state index contributed by atoms with van der Waals surface area (Å²) < 4.78 is 8.66. The average Bonchev–Trinajstić information content (AvgIpc) is 1.65. The molecule has 0 spiro atoms. The van der Waals surface area contributed by atoms with E-state index < -0.39 is 5.58 Å². The smallest absolute Gasteiger partial charge is 0.142 e. The number of halogens is 2. The predicted octanol–water partition coefficient (Wildman–Crippen LogP) is 2.65. The normalized spacial score (nSPS) is 15.2. The van der Waals surface area contributed by atoms with Crippen LogP contribution in [-0.2, 0) is 2.85 Å². The Labute approximate surface area is 64.8 Å². The fourth-order valence-electron chi connectivity index (χ4n) is 0.0345. The van der Waals surface area contributed by atoms with E-state index in [0.29, 0.717) is 0 Å². The van der Waals surface area contributed by atoms with Crippen molar-refractivity contribution in [2.75, 3.05) is 7.05 Å². The molecular formula is CH4I2NOP. The highest BCUT2D eigenvalue weighted by Gasteiger charge is 1.76. The summed E-state index contributed by atoms with van der Waals surface area (Å²) in [4.78, 5) is 0. The van der Waals surface area contributed by atoms with Crippen LogP contribution in [0.1, 0.15) is 0 Å². The zero-order valence-corrected chi connectivity index (χ0v) is 8.43. The summed E-state index contributed by atoms with van der Waals surface area (Å²) >= 11 is 4.03. The largest absolute Gasteiger partial charge is 0.273 e. The molecule has 0 aromatic heterocycles. The van der Waals surface area contributed by atoms with Gasteiger partial charge in [-0.15, -0.1) is 0 Å². The third-order valence-corrected chi connectivity index (χ3v) is 6.61. The summed E-state index contributed by atoms with van der Waals surface area (Å²) in [5.74, 6) is 0. The zero-order chi connectivity index (χ0) is 4.99. The molecule has 6 heavy (non-hydrogen) atoms. The standard InChI is InChI=1S/CH4I2NOP/c1-4-6(3)5-2/h6H,1H3. The monoisotopic (exact) mass is 331 g/mol. The van der Waals surface area contributed by atoms with Gasteiger partial charge >= 0.3 is 0 Å². The first-order chi connectivity index (χ1) is 2.81. The molecule has 0 saturated carbocycles. The molecular weight excluding hydrogens is 327 g/mol. The Balaban J connectivity index is 3.22. The lowest BCUT2D eigenvalue weighted by Gasteiger charge is -1.84. The molecule has 5 heteroatoms. The van der Waals surface area contributed by atoms with Gasteiger partial charge in [0.1, 0.15) is 28.6 Å². The highest BCUT2D eigenvalue weighted by Crippen LogP contribution is 2.38. The maximum atomic E-state index is 4.79. The van der Waals surface area contributed by atoms with Crippen molar-refractivity contribution < 1.29 is 2.85 Å². The molecule has 0 aliphatic rings. The van der Waals surface area contributed by atoms with Crippen LogP contribution in [0.2, 0.25) is 0 Å². The molecule has 0 saturated heterocycles. The number of hydrogen-bond donors (Lipinski definition) is 0. The van der Waals surface area contributed by atoms with Gasteiger partial charge in [0.05, 0.1) is 0 Å². The highest BCUT2D eigenvalue weighted by atomic mass is 127. The summed E-state index contributed by atoms with van der Waals surface area (Å²) in [6, 6.07) is 0. The van der Waals surface area contributed by atoms with Crippen LogP contribution in [0.3, 0.4) is 0 Å². The van der Waals surface area contributed by atoms with Crippen molar-refractivity contribution in [3.63, 3.8) is 0 Å². The molecule has 2 nitrogen and oxygen atoms in total. The van der Waals surface area contributed by atoms with Crippen molar-refractivity contribution in [3.05, 3.63) is 0 Å². The minimum absolute atomic E-state index is 0.787. The lowest BCUT2D eigenvalue weighted by atomic mass is 11.6. The van der Waals surface area contributed by atoms with Gasteiger partial charge in [-0.1, -0.05) is 0 Å². The Morgan fingerprint density at radius 3 is 2.33 bits per heavy atom. The Hall–Kier alpha value is 1.65. The van der Waals surface area contributed by atoms with Crippen LogP contribution in [0.4, 0.5) is 0 Å². The molecule has 38 valence electrons. The van der Waals surface area contributed by atoms with E-state index in [9.17, 15) is 0 Å². The summed E-state index contributed by atoms with van der Waals surface area (Å²) in [7, 11) is 1.76. The number of nitrogens with zero attached hydrogens (tertiary/aromatic N) is 1. The first kappa shape index (κ1) is 7.65. The van der Waals surface area contributed by atoms with E-state index in [2.05, 4.69) is 26.8 Å². The van der Waals surface area contributed by atoms with Crippen LogP contribution in [0.25, 0.3) is 0 Å². The average molecular weight is 331 g/mol. The van der Waals surface area contributed by atoms with E-state index in [-0.39, 0.29) is 0 Å². The van der Waals surface area contributed by atoms with Gasteiger partial charge in [-0.2, -0.15) is 0 Å². The fraction of sp³-hybridized carbons (Fsp3) is 1.00. The zero-order valence-electron chi connectivity index (χ0n) is 3.11. The maximum Gasteiger partial charge on any atom is 0.142 e. The first-order valence-corrected chi connectivity index (χ1v) is 6.57. The van der Waals surface area contributed by atoms with Crippen LogP contribution in [0.15, 0.2) is 4.74 Å². The van der Waals surface area contributed by atoms with E-state index in [0.717, 1.165) is 0 Å². The molecule has 0 N–H and O–H groups in total. The summed E-state index contributed by atoms with van der Waals surface area (Å²) in [5.41, 5.74) is -0.787. The molecule has 1 unspecified atom stereocenters. The Bertz CT molecular complexity index is 64.6. The molecule has 0 amide bonds. The molecule has 0 aliphatic heterocycles. The SMILES string of the molecule is CN=[PH](I)OI. The first-order valence-electron chi connectivity index (χ1n) is 1.22. The highest BCUT2D eigenvalue weighted by molar-refractivity contribution is 14.2. The van der Waals surface area contributed by atoms with Crippen molar-refractivity contribution in [3.8, 4) is 0 Å². The van der Waals surface area contributed by atoms with Gasteiger partial charge in [-0.3, -0.25) is 7.60 Å². The van der Waals surface area contributed by atoms with E-state index in [1.807, 2.05) is 23.0 Å². The van der Waals surface area contributed by atoms with Crippen molar-refractivity contribution in [2.24, 2.45) is 4.74 Å². The molecule has 0 bridgehead atoms. The van der Waals surface area contributed by atoms with Crippen molar-refractivity contribution >= 4 is 50.6 Å². The van der Waals surface area contributed by atoms with Gasteiger partial charge in [-0.25, -0.2) is 0 Å². The van der Waals surface area contributed by atoms with Crippen molar-refractivity contribution in [1.29, 1.82) is 0 Å².